The second-order valence-corrected chi connectivity index (χ2v) is 6.99. The van der Waals surface area contributed by atoms with Crippen molar-refractivity contribution in [2.24, 2.45) is 5.92 Å². The lowest BCUT2D eigenvalue weighted by Gasteiger charge is -2.30. The highest BCUT2D eigenvalue weighted by molar-refractivity contribution is 5.91. The molecule has 132 valence electrons. The predicted molar refractivity (Wildman–Crippen MR) is 95.9 cm³/mol. The van der Waals surface area contributed by atoms with E-state index in [0.29, 0.717) is 12.0 Å². The Hall–Kier alpha value is -2.34. The summed E-state index contributed by atoms with van der Waals surface area (Å²) in [6.07, 6.45) is 6.53. The SMILES string of the molecule is Cc1ccn(-c2ccccc2NC(=O)N[C@H]2CCO[C@@H](C3CC3)C2)n1. The van der Waals surface area contributed by atoms with Gasteiger partial charge in [-0.1, -0.05) is 12.1 Å². The van der Waals surface area contributed by atoms with E-state index in [0.717, 1.165) is 36.5 Å². The number of carbonyl (C=O) groups excluding carboxylic acids is 1. The predicted octanol–water partition coefficient (Wildman–Crippen LogP) is 3.26. The second kappa shape index (κ2) is 6.88. The Kier molecular flexibility index (Phi) is 4.44. The Labute approximate surface area is 147 Å². The third-order valence-electron chi connectivity index (χ3n) is 4.92. The summed E-state index contributed by atoms with van der Waals surface area (Å²) in [5, 5.41) is 10.5. The lowest BCUT2D eigenvalue weighted by molar-refractivity contribution is -0.00889. The van der Waals surface area contributed by atoms with Gasteiger partial charge in [0.25, 0.3) is 0 Å². The summed E-state index contributed by atoms with van der Waals surface area (Å²) in [6, 6.07) is 9.64. The average molecular weight is 340 g/mol. The van der Waals surface area contributed by atoms with Gasteiger partial charge >= 0.3 is 6.03 Å². The van der Waals surface area contributed by atoms with Crippen molar-refractivity contribution < 1.29 is 9.53 Å². The van der Waals surface area contributed by atoms with Crippen LogP contribution in [0.1, 0.15) is 31.4 Å². The van der Waals surface area contributed by atoms with Gasteiger partial charge in [0.2, 0.25) is 0 Å². The van der Waals surface area contributed by atoms with Gasteiger partial charge in [0.15, 0.2) is 0 Å². The van der Waals surface area contributed by atoms with E-state index in [1.54, 1.807) is 4.68 Å². The van der Waals surface area contributed by atoms with E-state index in [2.05, 4.69) is 15.7 Å². The zero-order valence-corrected chi connectivity index (χ0v) is 14.4. The van der Waals surface area contributed by atoms with Crippen molar-refractivity contribution >= 4 is 11.7 Å². The number of aryl methyl sites for hydroxylation is 1. The van der Waals surface area contributed by atoms with Crippen LogP contribution >= 0.6 is 0 Å². The molecule has 2 amide bonds. The van der Waals surface area contributed by atoms with E-state index in [9.17, 15) is 4.79 Å². The van der Waals surface area contributed by atoms with Gasteiger partial charge in [0.05, 0.1) is 23.2 Å². The van der Waals surface area contributed by atoms with E-state index in [4.69, 9.17) is 4.74 Å². The Morgan fingerprint density at radius 3 is 2.84 bits per heavy atom. The molecule has 1 aromatic heterocycles. The highest BCUT2D eigenvalue weighted by Crippen LogP contribution is 2.38. The number of rotatable bonds is 4. The van der Waals surface area contributed by atoms with Gasteiger partial charge in [-0.2, -0.15) is 5.10 Å². The summed E-state index contributed by atoms with van der Waals surface area (Å²) in [5.74, 6) is 0.705. The average Bonchev–Trinajstić information content (AvgIpc) is 3.37. The molecule has 2 atom stereocenters. The lowest BCUT2D eigenvalue weighted by Crippen LogP contribution is -2.44. The van der Waals surface area contributed by atoms with Gasteiger partial charge in [0, 0.05) is 18.8 Å². The number of amides is 2. The van der Waals surface area contributed by atoms with Crippen LogP contribution in [0, 0.1) is 12.8 Å². The Balaban J connectivity index is 1.41. The number of carbonyl (C=O) groups is 1. The van der Waals surface area contributed by atoms with Crippen LogP contribution in [0.5, 0.6) is 0 Å². The number of nitrogens with one attached hydrogen (secondary N) is 2. The molecule has 0 spiro atoms. The van der Waals surface area contributed by atoms with E-state index in [1.165, 1.54) is 12.8 Å². The molecule has 4 rings (SSSR count). The molecule has 2 N–H and O–H groups in total. The van der Waals surface area contributed by atoms with Crippen LogP contribution in [0.2, 0.25) is 0 Å². The molecule has 1 saturated heterocycles. The van der Waals surface area contributed by atoms with E-state index >= 15 is 0 Å². The van der Waals surface area contributed by atoms with E-state index < -0.39 is 0 Å². The minimum absolute atomic E-state index is 0.169. The normalized spacial score (nSPS) is 23.2. The molecule has 1 saturated carbocycles. The molecule has 2 fully saturated rings. The molecule has 6 heteroatoms. The molecule has 0 radical (unpaired) electrons. The van der Waals surface area contributed by atoms with E-state index in [-0.39, 0.29) is 12.1 Å². The van der Waals surface area contributed by atoms with Crippen molar-refractivity contribution in [3.8, 4) is 5.69 Å². The largest absolute Gasteiger partial charge is 0.378 e. The van der Waals surface area contributed by atoms with Crippen molar-refractivity contribution in [3.63, 3.8) is 0 Å². The third kappa shape index (κ3) is 3.85. The van der Waals surface area contributed by atoms with Crippen LogP contribution < -0.4 is 10.6 Å². The summed E-state index contributed by atoms with van der Waals surface area (Å²) in [4.78, 5) is 12.5. The molecule has 2 aliphatic rings. The molecule has 2 aromatic rings. The van der Waals surface area contributed by atoms with Crippen molar-refractivity contribution in [2.75, 3.05) is 11.9 Å². The van der Waals surface area contributed by atoms with Crippen LogP contribution in [0.25, 0.3) is 5.69 Å². The number of nitrogens with zero attached hydrogens (tertiary/aromatic N) is 2. The Morgan fingerprint density at radius 2 is 2.08 bits per heavy atom. The zero-order valence-electron chi connectivity index (χ0n) is 14.4. The van der Waals surface area contributed by atoms with Crippen molar-refractivity contribution in [3.05, 3.63) is 42.2 Å². The van der Waals surface area contributed by atoms with E-state index in [1.807, 2.05) is 43.5 Å². The maximum absolute atomic E-state index is 12.5. The number of benzene rings is 1. The fraction of sp³-hybridized carbons (Fsp3) is 0.474. The van der Waals surface area contributed by atoms with Crippen LogP contribution in [-0.2, 0) is 4.74 Å². The number of para-hydroxylation sites is 2. The fourth-order valence-electron chi connectivity index (χ4n) is 3.43. The maximum atomic E-state index is 12.5. The summed E-state index contributed by atoms with van der Waals surface area (Å²) in [5.41, 5.74) is 2.54. The first-order valence-electron chi connectivity index (χ1n) is 9.00. The smallest absolute Gasteiger partial charge is 0.319 e. The van der Waals surface area contributed by atoms with Gasteiger partial charge in [-0.15, -0.1) is 0 Å². The minimum atomic E-state index is -0.169. The number of aromatic nitrogens is 2. The number of ether oxygens (including phenoxy) is 1. The molecule has 1 aliphatic heterocycles. The summed E-state index contributed by atoms with van der Waals surface area (Å²) in [6.45, 7) is 2.68. The molecule has 0 bridgehead atoms. The maximum Gasteiger partial charge on any atom is 0.319 e. The van der Waals surface area contributed by atoms with Crippen molar-refractivity contribution in [2.45, 2.75) is 44.8 Å². The van der Waals surface area contributed by atoms with Gasteiger partial charge in [-0.3, -0.25) is 0 Å². The van der Waals surface area contributed by atoms with Gasteiger partial charge in [-0.25, -0.2) is 9.48 Å². The fourth-order valence-corrected chi connectivity index (χ4v) is 3.43. The van der Waals surface area contributed by atoms with Crippen LogP contribution in [0.3, 0.4) is 0 Å². The van der Waals surface area contributed by atoms with Crippen LogP contribution in [0.4, 0.5) is 10.5 Å². The number of hydrogen-bond acceptors (Lipinski definition) is 3. The minimum Gasteiger partial charge on any atom is -0.378 e. The Bertz CT molecular complexity index is 753. The first kappa shape index (κ1) is 16.1. The molecule has 1 aliphatic carbocycles. The van der Waals surface area contributed by atoms with Crippen molar-refractivity contribution in [1.29, 1.82) is 0 Å². The first-order chi connectivity index (χ1) is 12.2. The topological polar surface area (TPSA) is 68.2 Å². The second-order valence-electron chi connectivity index (χ2n) is 6.99. The third-order valence-corrected chi connectivity index (χ3v) is 4.92. The quantitative estimate of drug-likeness (QED) is 0.898. The number of urea groups is 1. The molecule has 2 heterocycles. The molecular weight excluding hydrogens is 316 g/mol. The molecule has 25 heavy (non-hydrogen) atoms. The van der Waals surface area contributed by atoms with Gasteiger partial charge in [0.1, 0.15) is 0 Å². The zero-order chi connectivity index (χ0) is 17.2. The number of hydrogen-bond donors (Lipinski definition) is 2. The highest BCUT2D eigenvalue weighted by atomic mass is 16.5. The molecule has 1 aromatic carbocycles. The first-order valence-corrected chi connectivity index (χ1v) is 9.00. The summed E-state index contributed by atoms with van der Waals surface area (Å²) in [7, 11) is 0. The van der Waals surface area contributed by atoms with Crippen LogP contribution in [0.15, 0.2) is 36.5 Å². The lowest BCUT2D eigenvalue weighted by atomic mass is 10.0. The van der Waals surface area contributed by atoms with Crippen molar-refractivity contribution in [1.82, 2.24) is 15.1 Å². The standard InChI is InChI=1S/C19H24N4O2/c1-13-8-10-23(22-13)17-5-3-2-4-16(17)21-19(24)20-15-9-11-25-18(12-15)14-6-7-14/h2-5,8,10,14-15,18H,6-7,9,11-12H2,1H3,(H2,20,21,24)/t15-,18+/m0/s1. The van der Waals surface area contributed by atoms with Gasteiger partial charge in [-0.05, 0) is 56.7 Å². The Morgan fingerprint density at radius 1 is 1.24 bits per heavy atom. The molecule has 0 unspecified atom stereocenters. The monoisotopic (exact) mass is 340 g/mol. The van der Waals surface area contributed by atoms with Gasteiger partial charge < -0.3 is 15.4 Å². The summed E-state index contributed by atoms with van der Waals surface area (Å²) >= 11 is 0. The molecular formula is C19H24N4O2. The van der Waals surface area contributed by atoms with Crippen LogP contribution in [-0.4, -0.2) is 34.6 Å². The highest BCUT2D eigenvalue weighted by Gasteiger charge is 2.36. The number of anilines is 1. The molecule has 6 nitrogen and oxygen atoms in total. The summed E-state index contributed by atoms with van der Waals surface area (Å²) < 4.78 is 7.61.